The summed E-state index contributed by atoms with van der Waals surface area (Å²) < 4.78 is 5.56. The molecule has 3 rings (SSSR count). The van der Waals surface area contributed by atoms with Crippen LogP contribution in [0.25, 0.3) is 0 Å². The zero-order valence-electron chi connectivity index (χ0n) is 13.3. The molecule has 1 fully saturated rings. The first-order chi connectivity index (χ1) is 11.1. The molecule has 2 heterocycles. The molecule has 23 heavy (non-hydrogen) atoms. The van der Waals surface area contributed by atoms with Gasteiger partial charge in [0.25, 0.3) is 0 Å². The zero-order chi connectivity index (χ0) is 16.2. The van der Waals surface area contributed by atoms with Crippen molar-refractivity contribution in [3.63, 3.8) is 0 Å². The first kappa shape index (κ1) is 16.0. The predicted molar refractivity (Wildman–Crippen MR) is 89.6 cm³/mol. The minimum atomic E-state index is -0.0644. The number of amides is 1. The van der Waals surface area contributed by atoms with Crippen molar-refractivity contribution in [1.82, 2.24) is 15.2 Å². The van der Waals surface area contributed by atoms with Crippen molar-refractivity contribution >= 4 is 23.4 Å². The second kappa shape index (κ2) is 7.14. The molecule has 0 aliphatic carbocycles. The number of benzene rings is 1. The van der Waals surface area contributed by atoms with Gasteiger partial charge in [-0.3, -0.25) is 9.89 Å². The number of H-pyrrole nitrogens is 1. The van der Waals surface area contributed by atoms with Gasteiger partial charge in [0.1, 0.15) is 6.10 Å². The highest BCUT2D eigenvalue weighted by atomic mass is 32.2. The van der Waals surface area contributed by atoms with Gasteiger partial charge in [0.15, 0.2) is 5.82 Å². The molecule has 0 unspecified atom stereocenters. The van der Waals surface area contributed by atoms with Gasteiger partial charge in [-0.2, -0.15) is 0 Å². The van der Waals surface area contributed by atoms with E-state index in [1.807, 2.05) is 32.0 Å². The quantitative estimate of drug-likeness (QED) is 0.823. The first-order valence-corrected chi connectivity index (χ1v) is 8.64. The summed E-state index contributed by atoms with van der Waals surface area (Å²) in [5, 5.41) is 10.5. The van der Waals surface area contributed by atoms with Gasteiger partial charge in [-0.1, -0.05) is 29.5 Å². The van der Waals surface area contributed by atoms with Crippen molar-refractivity contribution in [2.75, 3.05) is 17.7 Å². The van der Waals surface area contributed by atoms with Crippen molar-refractivity contribution in [1.29, 1.82) is 0 Å². The van der Waals surface area contributed by atoms with Crippen LogP contribution in [0.5, 0.6) is 0 Å². The topological polar surface area (TPSA) is 79.9 Å². The van der Waals surface area contributed by atoms with Crippen LogP contribution in [0.1, 0.15) is 35.9 Å². The second-order valence-electron chi connectivity index (χ2n) is 5.66. The number of ether oxygens (including phenoxy) is 1. The summed E-state index contributed by atoms with van der Waals surface area (Å²) >= 11 is 1.32. The molecule has 1 aliphatic heterocycles. The number of nitrogens with one attached hydrogen (secondary N) is 2. The maximum atomic E-state index is 12.1. The Labute approximate surface area is 139 Å². The lowest BCUT2D eigenvalue weighted by Gasteiger charge is -2.08. The van der Waals surface area contributed by atoms with Gasteiger partial charge in [-0.25, -0.2) is 4.98 Å². The molecule has 1 aromatic carbocycles. The average Bonchev–Trinajstić information content (AvgIpc) is 3.18. The maximum Gasteiger partial charge on any atom is 0.234 e. The van der Waals surface area contributed by atoms with Gasteiger partial charge < -0.3 is 10.1 Å². The minimum absolute atomic E-state index is 0.0147. The fourth-order valence-electron chi connectivity index (χ4n) is 2.53. The highest BCUT2D eigenvalue weighted by Crippen LogP contribution is 2.27. The summed E-state index contributed by atoms with van der Waals surface area (Å²) in [6.45, 7) is 4.79. The zero-order valence-corrected chi connectivity index (χ0v) is 14.1. The van der Waals surface area contributed by atoms with Crippen molar-refractivity contribution in [3.8, 4) is 0 Å². The van der Waals surface area contributed by atoms with E-state index in [0.717, 1.165) is 36.5 Å². The molecule has 1 atom stereocenters. The highest BCUT2D eigenvalue weighted by molar-refractivity contribution is 7.99. The Bertz CT molecular complexity index is 695. The number of hydrogen-bond donors (Lipinski definition) is 2. The van der Waals surface area contributed by atoms with Crippen LogP contribution in [0.3, 0.4) is 0 Å². The van der Waals surface area contributed by atoms with Crippen LogP contribution in [-0.4, -0.2) is 33.4 Å². The third-order valence-corrected chi connectivity index (χ3v) is 4.55. The fourth-order valence-corrected chi connectivity index (χ4v) is 3.14. The average molecular weight is 332 g/mol. The SMILES string of the molecule is Cc1ccc(NC(=O)CSc2n[nH]c([C@H]3CCCO3)n2)c(C)c1. The normalized spacial score (nSPS) is 17.4. The van der Waals surface area contributed by atoms with E-state index in [2.05, 4.69) is 20.5 Å². The molecule has 2 N–H and O–H groups in total. The van der Waals surface area contributed by atoms with Crippen LogP contribution in [-0.2, 0) is 9.53 Å². The molecule has 1 amide bonds. The van der Waals surface area contributed by atoms with Crippen molar-refractivity contribution in [2.24, 2.45) is 0 Å². The molecule has 0 bridgehead atoms. The van der Waals surface area contributed by atoms with Crippen LogP contribution in [0, 0.1) is 13.8 Å². The predicted octanol–water partition coefficient (Wildman–Crippen LogP) is 3.00. The Kier molecular flexibility index (Phi) is 4.97. The van der Waals surface area contributed by atoms with Crippen molar-refractivity contribution in [3.05, 3.63) is 35.2 Å². The largest absolute Gasteiger partial charge is 0.370 e. The molecule has 122 valence electrons. The van der Waals surface area contributed by atoms with E-state index in [9.17, 15) is 4.79 Å². The smallest absolute Gasteiger partial charge is 0.234 e. The van der Waals surface area contributed by atoms with E-state index < -0.39 is 0 Å². The minimum Gasteiger partial charge on any atom is -0.370 e. The summed E-state index contributed by atoms with van der Waals surface area (Å²) in [7, 11) is 0. The van der Waals surface area contributed by atoms with E-state index >= 15 is 0 Å². The molecular formula is C16H20N4O2S. The lowest BCUT2D eigenvalue weighted by atomic mass is 10.1. The summed E-state index contributed by atoms with van der Waals surface area (Å²) in [5.74, 6) is 0.959. The van der Waals surface area contributed by atoms with Crippen LogP contribution in [0.2, 0.25) is 0 Å². The molecule has 1 aliphatic rings. The second-order valence-corrected chi connectivity index (χ2v) is 6.60. The number of aryl methyl sites for hydroxylation is 2. The summed E-state index contributed by atoms with van der Waals surface area (Å²) in [5.41, 5.74) is 3.08. The molecule has 0 saturated carbocycles. The maximum absolute atomic E-state index is 12.1. The van der Waals surface area contributed by atoms with E-state index in [-0.39, 0.29) is 17.8 Å². The van der Waals surface area contributed by atoms with E-state index in [1.54, 1.807) is 0 Å². The number of anilines is 1. The van der Waals surface area contributed by atoms with E-state index in [0.29, 0.717) is 5.16 Å². The number of aromatic nitrogens is 3. The van der Waals surface area contributed by atoms with Gasteiger partial charge in [0.05, 0.1) is 5.75 Å². The molecule has 0 radical (unpaired) electrons. The monoisotopic (exact) mass is 332 g/mol. The lowest BCUT2D eigenvalue weighted by molar-refractivity contribution is -0.113. The Balaban J connectivity index is 1.52. The van der Waals surface area contributed by atoms with Crippen molar-refractivity contribution < 1.29 is 9.53 Å². The number of rotatable bonds is 5. The molecule has 1 saturated heterocycles. The lowest BCUT2D eigenvalue weighted by Crippen LogP contribution is -2.15. The Hall–Kier alpha value is -1.86. The number of thioether (sulfide) groups is 1. The van der Waals surface area contributed by atoms with E-state index in [4.69, 9.17) is 4.74 Å². The summed E-state index contributed by atoms with van der Waals surface area (Å²) in [4.78, 5) is 16.5. The number of carbonyl (C=O) groups excluding carboxylic acids is 1. The molecule has 7 heteroatoms. The number of nitrogens with zero attached hydrogens (tertiary/aromatic N) is 2. The number of hydrogen-bond acceptors (Lipinski definition) is 5. The van der Waals surface area contributed by atoms with Crippen molar-refractivity contribution in [2.45, 2.75) is 37.9 Å². The molecule has 6 nitrogen and oxygen atoms in total. The van der Waals surface area contributed by atoms with Gasteiger partial charge in [-0.05, 0) is 38.3 Å². The highest BCUT2D eigenvalue weighted by Gasteiger charge is 2.21. The molecule has 2 aromatic rings. The van der Waals surface area contributed by atoms with Gasteiger partial charge >= 0.3 is 0 Å². The third kappa shape index (κ3) is 4.11. The van der Waals surface area contributed by atoms with Crippen LogP contribution in [0.15, 0.2) is 23.4 Å². The Morgan fingerprint density at radius 3 is 3.09 bits per heavy atom. The Morgan fingerprint density at radius 2 is 2.35 bits per heavy atom. The van der Waals surface area contributed by atoms with Gasteiger partial charge in [-0.15, -0.1) is 5.10 Å². The summed E-state index contributed by atoms with van der Waals surface area (Å²) in [6.07, 6.45) is 2.03. The molecule has 0 spiro atoms. The molecular weight excluding hydrogens is 312 g/mol. The van der Waals surface area contributed by atoms with Gasteiger partial charge in [0.2, 0.25) is 11.1 Å². The number of aromatic amines is 1. The summed E-state index contributed by atoms with van der Waals surface area (Å²) in [6, 6.07) is 5.96. The van der Waals surface area contributed by atoms with Crippen LogP contribution in [0.4, 0.5) is 5.69 Å². The van der Waals surface area contributed by atoms with Crippen LogP contribution >= 0.6 is 11.8 Å². The Morgan fingerprint density at radius 1 is 1.48 bits per heavy atom. The van der Waals surface area contributed by atoms with E-state index in [1.165, 1.54) is 17.3 Å². The third-order valence-electron chi connectivity index (χ3n) is 3.71. The standard InChI is InChI=1S/C16H20N4O2S/c1-10-5-6-12(11(2)8-10)17-14(21)9-23-16-18-15(19-20-16)13-4-3-7-22-13/h5-6,8,13H,3-4,7,9H2,1-2H3,(H,17,21)(H,18,19,20)/t13-/m1/s1. The molecule has 1 aromatic heterocycles. The number of carbonyl (C=O) groups is 1. The fraction of sp³-hybridized carbons (Fsp3) is 0.438. The van der Waals surface area contributed by atoms with Crippen LogP contribution < -0.4 is 5.32 Å². The first-order valence-electron chi connectivity index (χ1n) is 7.65. The van der Waals surface area contributed by atoms with Gasteiger partial charge in [0, 0.05) is 12.3 Å².